The molecule has 1 amide bonds. The lowest BCUT2D eigenvalue weighted by atomic mass is 9.90. The Labute approximate surface area is 145 Å². The fourth-order valence-corrected chi connectivity index (χ4v) is 3.96. The van der Waals surface area contributed by atoms with E-state index in [2.05, 4.69) is 20.2 Å². The number of carbonyl (C=O) groups excluding carboxylic acids is 1. The van der Waals surface area contributed by atoms with Crippen molar-refractivity contribution in [2.24, 2.45) is 11.8 Å². The van der Waals surface area contributed by atoms with E-state index in [0.29, 0.717) is 5.92 Å². The van der Waals surface area contributed by atoms with E-state index in [1.165, 1.54) is 44.9 Å². The molecule has 1 aliphatic heterocycles. The van der Waals surface area contributed by atoms with E-state index in [-0.39, 0.29) is 11.8 Å². The largest absolute Gasteiger partial charge is 0.356 e. The number of piperidine rings is 1. The van der Waals surface area contributed by atoms with Gasteiger partial charge in [-0.1, -0.05) is 32.1 Å². The van der Waals surface area contributed by atoms with Gasteiger partial charge in [-0.15, -0.1) is 0 Å². The average molecular weight is 330 g/mol. The van der Waals surface area contributed by atoms with Gasteiger partial charge < -0.3 is 10.2 Å². The zero-order chi connectivity index (χ0) is 16.6. The highest BCUT2D eigenvalue weighted by Crippen LogP contribution is 2.23. The van der Waals surface area contributed by atoms with E-state index < -0.39 is 0 Å². The summed E-state index contributed by atoms with van der Waals surface area (Å²) in [6.07, 6.45) is 14.8. The van der Waals surface area contributed by atoms with Crippen LogP contribution in [0.15, 0.2) is 18.5 Å². The molecule has 1 saturated carbocycles. The van der Waals surface area contributed by atoms with Crippen LogP contribution in [-0.4, -0.2) is 35.5 Å². The zero-order valence-electron chi connectivity index (χ0n) is 14.6. The molecule has 1 aromatic heterocycles. The van der Waals surface area contributed by atoms with Gasteiger partial charge in [-0.05, 0) is 37.7 Å². The molecule has 2 aliphatic rings. The van der Waals surface area contributed by atoms with Crippen molar-refractivity contribution in [1.29, 1.82) is 0 Å². The standard InChI is InChI=1S/C19H30N4O/c24-18(22-14-16-8-4-2-1-3-5-9-16)17-10-6-13-23(15-17)19-20-11-7-12-21-19/h7,11-12,16-17H,1-6,8-10,13-15H2,(H,22,24)/t17-/m1/s1. The van der Waals surface area contributed by atoms with Crippen molar-refractivity contribution in [1.82, 2.24) is 15.3 Å². The van der Waals surface area contributed by atoms with Crippen LogP contribution in [0.5, 0.6) is 0 Å². The summed E-state index contributed by atoms with van der Waals surface area (Å²) in [6.45, 7) is 2.54. The Morgan fingerprint density at radius 1 is 1.04 bits per heavy atom. The molecule has 2 fully saturated rings. The van der Waals surface area contributed by atoms with Gasteiger partial charge in [0.05, 0.1) is 5.92 Å². The van der Waals surface area contributed by atoms with Gasteiger partial charge in [0, 0.05) is 32.0 Å². The quantitative estimate of drug-likeness (QED) is 0.921. The number of anilines is 1. The fourth-order valence-electron chi connectivity index (χ4n) is 3.96. The Kier molecular flexibility index (Phi) is 6.44. The van der Waals surface area contributed by atoms with Crippen LogP contribution in [0.2, 0.25) is 0 Å². The molecule has 24 heavy (non-hydrogen) atoms. The minimum atomic E-state index is 0.0658. The summed E-state index contributed by atoms with van der Waals surface area (Å²) in [7, 11) is 0. The predicted molar refractivity (Wildman–Crippen MR) is 95.8 cm³/mol. The number of hydrogen-bond acceptors (Lipinski definition) is 4. The van der Waals surface area contributed by atoms with Crippen LogP contribution in [0.4, 0.5) is 5.95 Å². The second-order valence-electron chi connectivity index (χ2n) is 7.29. The Morgan fingerprint density at radius 3 is 2.50 bits per heavy atom. The molecule has 1 aromatic rings. The van der Waals surface area contributed by atoms with Crippen LogP contribution in [0, 0.1) is 11.8 Å². The number of nitrogens with zero attached hydrogens (tertiary/aromatic N) is 3. The van der Waals surface area contributed by atoms with E-state index in [9.17, 15) is 4.79 Å². The first-order chi connectivity index (χ1) is 11.8. The van der Waals surface area contributed by atoms with Gasteiger partial charge in [-0.2, -0.15) is 0 Å². The van der Waals surface area contributed by atoms with Crippen LogP contribution in [0.1, 0.15) is 57.8 Å². The van der Waals surface area contributed by atoms with Crippen LogP contribution < -0.4 is 10.2 Å². The van der Waals surface area contributed by atoms with Crippen LogP contribution >= 0.6 is 0 Å². The summed E-state index contributed by atoms with van der Waals surface area (Å²) in [5, 5.41) is 3.24. The number of rotatable bonds is 4. The molecular weight excluding hydrogens is 300 g/mol. The van der Waals surface area contributed by atoms with Gasteiger partial charge in [0.2, 0.25) is 11.9 Å². The minimum absolute atomic E-state index is 0.0658. The van der Waals surface area contributed by atoms with Crippen LogP contribution in [0.3, 0.4) is 0 Å². The highest BCUT2D eigenvalue weighted by molar-refractivity contribution is 5.79. The molecule has 1 saturated heterocycles. The van der Waals surface area contributed by atoms with Gasteiger partial charge in [0.1, 0.15) is 0 Å². The molecule has 1 aliphatic carbocycles. The van der Waals surface area contributed by atoms with Crippen molar-refractivity contribution in [2.45, 2.75) is 57.8 Å². The normalized spacial score (nSPS) is 23.3. The highest BCUT2D eigenvalue weighted by Gasteiger charge is 2.27. The summed E-state index contributed by atoms with van der Waals surface area (Å²) >= 11 is 0. The van der Waals surface area contributed by atoms with Crippen LogP contribution in [-0.2, 0) is 4.79 Å². The number of aromatic nitrogens is 2. The first-order valence-corrected chi connectivity index (χ1v) is 9.62. The zero-order valence-corrected chi connectivity index (χ0v) is 14.6. The lowest BCUT2D eigenvalue weighted by Crippen LogP contribution is -2.44. The molecule has 0 bridgehead atoms. The Morgan fingerprint density at radius 2 is 1.75 bits per heavy atom. The van der Waals surface area contributed by atoms with E-state index in [1.54, 1.807) is 12.4 Å². The summed E-state index contributed by atoms with van der Waals surface area (Å²) in [5.41, 5.74) is 0. The van der Waals surface area contributed by atoms with Gasteiger partial charge in [-0.25, -0.2) is 9.97 Å². The van der Waals surface area contributed by atoms with Crippen molar-refractivity contribution in [2.75, 3.05) is 24.5 Å². The van der Waals surface area contributed by atoms with E-state index in [0.717, 1.165) is 38.4 Å². The molecule has 1 atom stereocenters. The maximum Gasteiger partial charge on any atom is 0.225 e. The molecule has 0 unspecified atom stereocenters. The number of carbonyl (C=O) groups is 1. The highest BCUT2D eigenvalue weighted by atomic mass is 16.1. The van der Waals surface area contributed by atoms with E-state index >= 15 is 0 Å². The Bertz CT molecular complexity index is 499. The SMILES string of the molecule is O=C(NCC1CCCCCCC1)[C@@H]1CCCN(c2ncccn2)C1. The van der Waals surface area contributed by atoms with E-state index in [4.69, 9.17) is 0 Å². The molecule has 0 radical (unpaired) electrons. The number of hydrogen-bond donors (Lipinski definition) is 1. The maximum atomic E-state index is 12.6. The van der Waals surface area contributed by atoms with Crippen LogP contribution in [0.25, 0.3) is 0 Å². The fraction of sp³-hybridized carbons (Fsp3) is 0.737. The molecule has 5 heteroatoms. The number of amides is 1. The summed E-state index contributed by atoms with van der Waals surface area (Å²) < 4.78 is 0. The van der Waals surface area contributed by atoms with Gasteiger partial charge in [-0.3, -0.25) is 4.79 Å². The van der Waals surface area contributed by atoms with Crippen molar-refractivity contribution in [3.05, 3.63) is 18.5 Å². The third-order valence-electron chi connectivity index (χ3n) is 5.42. The minimum Gasteiger partial charge on any atom is -0.356 e. The van der Waals surface area contributed by atoms with E-state index in [1.807, 2.05) is 6.07 Å². The van der Waals surface area contributed by atoms with Crippen molar-refractivity contribution in [3.8, 4) is 0 Å². The maximum absolute atomic E-state index is 12.6. The third-order valence-corrected chi connectivity index (χ3v) is 5.42. The summed E-state index contributed by atoms with van der Waals surface area (Å²) in [4.78, 5) is 23.4. The smallest absolute Gasteiger partial charge is 0.225 e. The molecule has 0 spiro atoms. The lowest BCUT2D eigenvalue weighted by molar-refractivity contribution is -0.125. The number of nitrogens with one attached hydrogen (secondary N) is 1. The first kappa shape index (κ1) is 17.2. The van der Waals surface area contributed by atoms with Gasteiger partial charge in [0.15, 0.2) is 0 Å². The molecule has 0 aromatic carbocycles. The Hall–Kier alpha value is -1.65. The van der Waals surface area contributed by atoms with Crippen molar-refractivity contribution >= 4 is 11.9 Å². The second kappa shape index (κ2) is 9.00. The van der Waals surface area contributed by atoms with Gasteiger partial charge in [0.25, 0.3) is 0 Å². The second-order valence-corrected chi connectivity index (χ2v) is 7.29. The lowest BCUT2D eigenvalue weighted by Gasteiger charge is -2.32. The summed E-state index contributed by atoms with van der Waals surface area (Å²) in [5.74, 6) is 1.70. The van der Waals surface area contributed by atoms with Crippen molar-refractivity contribution in [3.63, 3.8) is 0 Å². The monoisotopic (exact) mass is 330 g/mol. The molecular formula is C19H30N4O. The average Bonchev–Trinajstić information content (AvgIpc) is 2.61. The molecule has 2 heterocycles. The predicted octanol–water partition coefficient (Wildman–Crippen LogP) is 3.17. The third kappa shape index (κ3) is 4.92. The first-order valence-electron chi connectivity index (χ1n) is 9.62. The molecule has 3 rings (SSSR count). The van der Waals surface area contributed by atoms with Gasteiger partial charge >= 0.3 is 0 Å². The molecule has 132 valence electrons. The topological polar surface area (TPSA) is 58.1 Å². The summed E-state index contributed by atoms with van der Waals surface area (Å²) in [6, 6.07) is 1.83. The Balaban J connectivity index is 1.47. The molecule has 1 N–H and O–H groups in total. The van der Waals surface area contributed by atoms with Crippen molar-refractivity contribution < 1.29 is 4.79 Å². The molecule has 5 nitrogen and oxygen atoms in total.